The van der Waals surface area contributed by atoms with Gasteiger partial charge in [-0.15, -0.1) is 11.3 Å². The fourth-order valence-corrected chi connectivity index (χ4v) is 4.51. The van der Waals surface area contributed by atoms with Crippen LogP contribution in [0.2, 0.25) is 0 Å². The fourth-order valence-electron chi connectivity index (χ4n) is 3.18. The van der Waals surface area contributed by atoms with E-state index in [2.05, 4.69) is 24.1 Å². The van der Waals surface area contributed by atoms with Crippen LogP contribution in [0.1, 0.15) is 48.2 Å². The molecule has 2 aliphatic rings. The van der Waals surface area contributed by atoms with E-state index in [1.54, 1.807) is 4.88 Å². The third-order valence-electron chi connectivity index (χ3n) is 4.14. The molecular weight excluding hydrogens is 254 g/mol. The SMILES string of the molecule is CC(C)CN1CCc2nc(C3CCNCC3)sc2C1. The van der Waals surface area contributed by atoms with Gasteiger partial charge < -0.3 is 5.32 Å². The molecule has 0 radical (unpaired) electrons. The minimum absolute atomic E-state index is 0.718. The Kier molecular flexibility index (Phi) is 4.20. The highest BCUT2D eigenvalue weighted by atomic mass is 32.1. The number of aromatic nitrogens is 1. The van der Waals surface area contributed by atoms with Gasteiger partial charge in [0, 0.05) is 36.9 Å². The average molecular weight is 279 g/mol. The second kappa shape index (κ2) is 5.90. The van der Waals surface area contributed by atoms with E-state index < -0.39 is 0 Å². The molecule has 1 saturated heterocycles. The number of nitrogens with zero attached hydrogens (tertiary/aromatic N) is 2. The lowest BCUT2D eigenvalue weighted by molar-refractivity contribution is 0.228. The van der Waals surface area contributed by atoms with Crippen molar-refractivity contribution in [2.45, 2.75) is 45.6 Å². The van der Waals surface area contributed by atoms with Gasteiger partial charge in [0.2, 0.25) is 0 Å². The molecule has 1 aromatic rings. The Morgan fingerprint density at radius 3 is 2.89 bits per heavy atom. The molecule has 106 valence electrons. The molecule has 0 aromatic carbocycles. The molecule has 0 atom stereocenters. The molecule has 3 nitrogen and oxygen atoms in total. The van der Waals surface area contributed by atoms with Gasteiger partial charge in [-0.3, -0.25) is 4.90 Å². The van der Waals surface area contributed by atoms with Gasteiger partial charge >= 0.3 is 0 Å². The fraction of sp³-hybridized carbons (Fsp3) is 0.800. The van der Waals surface area contributed by atoms with Gasteiger partial charge in [-0.25, -0.2) is 4.98 Å². The number of thiazole rings is 1. The van der Waals surface area contributed by atoms with Crippen LogP contribution in [0.3, 0.4) is 0 Å². The summed E-state index contributed by atoms with van der Waals surface area (Å²) in [5, 5.41) is 4.86. The zero-order valence-electron chi connectivity index (χ0n) is 12.1. The van der Waals surface area contributed by atoms with Crippen molar-refractivity contribution in [1.29, 1.82) is 0 Å². The molecule has 0 spiro atoms. The van der Waals surface area contributed by atoms with Crippen LogP contribution in [0.4, 0.5) is 0 Å². The van der Waals surface area contributed by atoms with E-state index in [9.17, 15) is 0 Å². The first-order valence-corrected chi connectivity index (χ1v) is 8.45. The van der Waals surface area contributed by atoms with E-state index in [0.717, 1.165) is 37.9 Å². The molecule has 2 aliphatic heterocycles. The Morgan fingerprint density at radius 2 is 2.16 bits per heavy atom. The average Bonchev–Trinajstić information content (AvgIpc) is 2.82. The van der Waals surface area contributed by atoms with Crippen LogP contribution in [0.15, 0.2) is 0 Å². The van der Waals surface area contributed by atoms with Crippen molar-refractivity contribution in [2.24, 2.45) is 5.92 Å². The summed E-state index contributed by atoms with van der Waals surface area (Å²) in [6, 6.07) is 0. The van der Waals surface area contributed by atoms with Crippen LogP contribution in [0.5, 0.6) is 0 Å². The maximum atomic E-state index is 4.95. The smallest absolute Gasteiger partial charge is 0.0963 e. The summed E-state index contributed by atoms with van der Waals surface area (Å²) in [4.78, 5) is 9.09. The van der Waals surface area contributed by atoms with E-state index >= 15 is 0 Å². The van der Waals surface area contributed by atoms with Gasteiger partial charge in [0.1, 0.15) is 0 Å². The number of rotatable bonds is 3. The lowest BCUT2D eigenvalue weighted by Gasteiger charge is -2.27. The van der Waals surface area contributed by atoms with Gasteiger partial charge in [0.05, 0.1) is 10.7 Å². The summed E-state index contributed by atoms with van der Waals surface area (Å²) in [5.74, 6) is 1.48. The second-order valence-corrected chi connectivity index (χ2v) is 7.44. The van der Waals surface area contributed by atoms with Crippen LogP contribution >= 0.6 is 11.3 Å². The molecule has 0 saturated carbocycles. The minimum atomic E-state index is 0.718. The predicted octanol–water partition coefficient (Wildman–Crippen LogP) is 2.62. The zero-order chi connectivity index (χ0) is 13.2. The van der Waals surface area contributed by atoms with E-state index in [0.29, 0.717) is 0 Å². The Labute approximate surface area is 120 Å². The van der Waals surface area contributed by atoms with Gasteiger partial charge in [-0.1, -0.05) is 13.8 Å². The normalized spacial score (nSPS) is 21.8. The van der Waals surface area contributed by atoms with Gasteiger partial charge in [-0.2, -0.15) is 0 Å². The van der Waals surface area contributed by atoms with Crippen LogP contribution in [-0.4, -0.2) is 36.1 Å². The molecular formula is C15H25N3S. The Hall–Kier alpha value is -0.450. The van der Waals surface area contributed by atoms with Crippen molar-refractivity contribution >= 4 is 11.3 Å². The topological polar surface area (TPSA) is 28.2 Å². The zero-order valence-corrected chi connectivity index (χ0v) is 12.9. The summed E-state index contributed by atoms with van der Waals surface area (Å²) in [5.41, 5.74) is 1.40. The Morgan fingerprint density at radius 1 is 1.37 bits per heavy atom. The number of fused-ring (bicyclic) bond motifs is 1. The molecule has 1 aromatic heterocycles. The lowest BCUT2D eigenvalue weighted by atomic mass is 9.99. The van der Waals surface area contributed by atoms with Crippen molar-refractivity contribution in [3.8, 4) is 0 Å². The van der Waals surface area contributed by atoms with Crippen molar-refractivity contribution in [1.82, 2.24) is 15.2 Å². The van der Waals surface area contributed by atoms with E-state index in [1.807, 2.05) is 11.3 Å². The predicted molar refractivity (Wildman–Crippen MR) is 80.8 cm³/mol. The van der Waals surface area contributed by atoms with Gasteiger partial charge in [0.15, 0.2) is 0 Å². The highest BCUT2D eigenvalue weighted by Crippen LogP contribution is 2.33. The van der Waals surface area contributed by atoms with Gasteiger partial charge in [-0.05, 0) is 31.8 Å². The molecule has 3 heterocycles. The summed E-state index contributed by atoms with van der Waals surface area (Å²) in [6.07, 6.45) is 3.69. The first kappa shape index (κ1) is 13.5. The molecule has 0 aliphatic carbocycles. The van der Waals surface area contributed by atoms with E-state index in [-0.39, 0.29) is 0 Å². The summed E-state index contributed by atoms with van der Waals surface area (Å²) in [6.45, 7) is 10.5. The number of hydrogen-bond acceptors (Lipinski definition) is 4. The molecule has 3 rings (SSSR count). The summed E-state index contributed by atoms with van der Waals surface area (Å²) >= 11 is 1.99. The van der Waals surface area contributed by atoms with Crippen LogP contribution < -0.4 is 5.32 Å². The van der Waals surface area contributed by atoms with E-state index in [4.69, 9.17) is 4.98 Å². The molecule has 1 N–H and O–H groups in total. The van der Waals surface area contributed by atoms with Gasteiger partial charge in [0.25, 0.3) is 0 Å². The second-order valence-electron chi connectivity index (χ2n) is 6.33. The standard InChI is InChI=1S/C15H25N3S/c1-11(2)9-18-8-5-13-14(10-18)19-15(17-13)12-3-6-16-7-4-12/h11-12,16H,3-10H2,1-2H3. The first-order valence-electron chi connectivity index (χ1n) is 7.64. The minimum Gasteiger partial charge on any atom is -0.317 e. The highest BCUT2D eigenvalue weighted by molar-refractivity contribution is 7.11. The van der Waals surface area contributed by atoms with E-state index in [1.165, 1.54) is 36.6 Å². The quantitative estimate of drug-likeness (QED) is 0.922. The van der Waals surface area contributed by atoms with Crippen LogP contribution in [0, 0.1) is 5.92 Å². The molecule has 0 bridgehead atoms. The summed E-state index contributed by atoms with van der Waals surface area (Å²) < 4.78 is 0. The van der Waals surface area contributed by atoms with Crippen molar-refractivity contribution in [3.05, 3.63) is 15.6 Å². The number of piperidine rings is 1. The third-order valence-corrected chi connectivity index (χ3v) is 5.38. The third kappa shape index (κ3) is 3.18. The van der Waals surface area contributed by atoms with Crippen molar-refractivity contribution in [2.75, 3.05) is 26.2 Å². The molecule has 0 unspecified atom stereocenters. The number of nitrogens with one attached hydrogen (secondary N) is 1. The number of hydrogen-bond donors (Lipinski definition) is 1. The van der Waals surface area contributed by atoms with Crippen molar-refractivity contribution < 1.29 is 0 Å². The Balaban J connectivity index is 1.69. The lowest BCUT2D eigenvalue weighted by Crippen LogP contribution is -2.32. The molecule has 1 fully saturated rings. The first-order chi connectivity index (χ1) is 9.22. The largest absolute Gasteiger partial charge is 0.317 e. The molecule has 4 heteroatoms. The monoisotopic (exact) mass is 279 g/mol. The maximum Gasteiger partial charge on any atom is 0.0963 e. The molecule has 19 heavy (non-hydrogen) atoms. The Bertz CT molecular complexity index is 421. The van der Waals surface area contributed by atoms with Crippen LogP contribution in [0.25, 0.3) is 0 Å². The van der Waals surface area contributed by atoms with Crippen molar-refractivity contribution in [3.63, 3.8) is 0 Å². The maximum absolute atomic E-state index is 4.95. The summed E-state index contributed by atoms with van der Waals surface area (Å²) in [7, 11) is 0. The van der Waals surface area contributed by atoms with Crippen LogP contribution in [-0.2, 0) is 13.0 Å². The highest BCUT2D eigenvalue weighted by Gasteiger charge is 2.25. The molecule has 0 amide bonds.